The molecule has 1 heterocycles. The highest BCUT2D eigenvalue weighted by molar-refractivity contribution is 7.99. The molecule has 0 saturated heterocycles. The molecular weight excluding hydrogens is 186 g/mol. The highest BCUT2D eigenvalue weighted by Crippen LogP contribution is 2.23. The topological polar surface area (TPSA) is 91.4 Å². The maximum Gasteiger partial charge on any atom is 0.183 e. The van der Waals surface area contributed by atoms with Gasteiger partial charge in [-0.15, -0.1) is 0 Å². The summed E-state index contributed by atoms with van der Waals surface area (Å²) in [6, 6.07) is 0. The van der Waals surface area contributed by atoms with Crippen LogP contribution in [0, 0.1) is 5.41 Å². The van der Waals surface area contributed by atoms with Crippen LogP contribution in [-0.4, -0.2) is 26.3 Å². The highest BCUT2D eigenvalue weighted by atomic mass is 32.2. The van der Waals surface area contributed by atoms with Crippen molar-refractivity contribution in [2.75, 3.05) is 0 Å². The van der Waals surface area contributed by atoms with Gasteiger partial charge in [-0.1, -0.05) is 18.7 Å². The van der Waals surface area contributed by atoms with Crippen molar-refractivity contribution in [3.63, 3.8) is 0 Å². The van der Waals surface area contributed by atoms with Gasteiger partial charge in [0.15, 0.2) is 5.16 Å². The summed E-state index contributed by atoms with van der Waals surface area (Å²) in [5, 5.41) is 14.8. The van der Waals surface area contributed by atoms with E-state index >= 15 is 0 Å². The van der Waals surface area contributed by atoms with E-state index in [1.165, 1.54) is 6.33 Å². The van der Waals surface area contributed by atoms with Crippen LogP contribution in [0.1, 0.15) is 19.8 Å². The molecule has 1 unspecified atom stereocenters. The monoisotopic (exact) mass is 199 g/mol. The minimum Gasteiger partial charge on any atom is -0.388 e. The smallest absolute Gasteiger partial charge is 0.183 e. The Labute approximate surface area is 81.0 Å². The zero-order valence-corrected chi connectivity index (χ0v) is 8.27. The van der Waals surface area contributed by atoms with Gasteiger partial charge in [0.2, 0.25) is 0 Å². The van der Waals surface area contributed by atoms with Gasteiger partial charge in [0.25, 0.3) is 0 Å². The molecule has 5 nitrogen and oxygen atoms in total. The van der Waals surface area contributed by atoms with E-state index in [9.17, 15) is 0 Å². The molecule has 72 valence electrons. The molecule has 0 spiro atoms. The van der Waals surface area contributed by atoms with Gasteiger partial charge < -0.3 is 5.73 Å². The minimum absolute atomic E-state index is 0.221. The number of amidine groups is 1. The van der Waals surface area contributed by atoms with Crippen molar-refractivity contribution in [3.8, 4) is 0 Å². The Kier molecular flexibility index (Phi) is 3.75. The molecule has 0 radical (unpaired) electrons. The Morgan fingerprint density at radius 3 is 3.08 bits per heavy atom. The van der Waals surface area contributed by atoms with Gasteiger partial charge in [-0.25, -0.2) is 4.98 Å². The molecule has 0 amide bonds. The standard InChI is InChI=1S/C7H13N5S/c1-2-5(3-6(8)9)13-7-10-4-11-12-7/h4-5H,2-3H2,1H3,(H3,8,9)(H,10,11,12). The van der Waals surface area contributed by atoms with Crippen LogP contribution < -0.4 is 5.73 Å². The number of nitrogens with one attached hydrogen (secondary N) is 2. The van der Waals surface area contributed by atoms with Crippen LogP contribution >= 0.6 is 11.8 Å². The minimum atomic E-state index is 0.221. The first-order chi connectivity index (χ1) is 6.22. The SMILES string of the molecule is CCC(CC(=N)N)Sc1ncn[nH]1. The molecule has 13 heavy (non-hydrogen) atoms. The van der Waals surface area contributed by atoms with Crippen molar-refractivity contribution in [3.05, 3.63) is 6.33 Å². The number of nitrogens with zero attached hydrogens (tertiary/aromatic N) is 2. The largest absolute Gasteiger partial charge is 0.388 e. The number of nitrogens with two attached hydrogens (primary N) is 1. The van der Waals surface area contributed by atoms with Gasteiger partial charge in [-0.3, -0.25) is 10.5 Å². The van der Waals surface area contributed by atoms with Gasteiger partial charge in [-0.05, 0) is 6.42 Å². The quantitative estimate of drug-likeness (QED) is 0.375. The van der Waals surface area contributed by atoms with Crippen LogP contribution in [0.15, 0.2) is 11.5 Å². The van der Waals surface area contributed by atoms with Crippen LogP contribution in [0.25, 0.3) is 0 Å². The summed E-state index contributed by atoms with van der Waals surface area (Å²) in [5.41, 5.74) is 5.32. The van der Waals surface area contributed by atoms with Crippen molar-refractivity contribution in [1.29, 1.82) is 5.41 Å². The summed E-state index contributed by atoms with van der Waals surface area (Å²) in [6.07, 6.45) is 3.04. The molecule has 1 aromatic heterocycles. The van der Waals surface area contributed by atoms with Crippen molar-refractivity contribution in [2.24, 2.45) is 5.73 Å². The average molecular weight is 199 g/mol. The summed E-state index contributed by atoms with van der Waals surface area (Å²) in [7, 11) is 0. The number of aromatic nitrogens is 3. The first-order valence-electron chi connectivity index (χ1n) is 4.07. The zero-order chi connectivity index (χ0) is 9.68. The third-order valence-corrected chi connectivity index (χ3v) is 2.83. The van der Waals surface area contributed by atoms with Crippen molar-refractivity contribution < 1.29 is 0 Å². The number of hydrogen-bond donors (Lipinski definition) is 3. The number of H-pyrrole nitrogens is 1. The Bertz CT molecular complexity index is 258. The maximum atomic E-state index is 7.18. The molecule has 6 heteroatoms. The van der Waals surface area contributed by atoms with Crippen molar-refractivity contribution in [2.45, 2.75) is 30.2 Å². The second-order valence-electron chi connectivity index (χ2n) is 2.67. The Morgan fingerprint density at radius 1 is 1.85 bits per heavy atom. The average Bonchev–Trinajstić information content (AvgIpc) is 2.55. The Hall–Kier alpha value is -1.04. The normalized spacial score (nSPS) is 12.7. The van der Waals surface area contributed by atoms with E-state index in [4.69, 9.17) is 11.1 Å². The Balaban J connectivity index is 2.45. The van der Waals surface area contributed by atoms with Crippen molar-refractivity contribution in [1.82, 2.24) is 15.2 Å². The van der Waals surface area contributed by atoms with Crippen LogP contribution in [-0.2, 0) is 0 Å². The van der Waals surface area contributed by atoms with Crippen LogP contribution in [0.2, 0.25) is 0 Å². The molecule has 0 saturated carbocycles. The number of aromatic amines is 1. The van der Waals surface area contributed by atoms with Crippen LogP contribution in [0.5, 0.6) is 0 Å². The maximum absolute atomic E-state index is 7.18. The first kappa shape index (κ1) is 10.0. The lowest BCUT2D eigenvalue weighted by Gasteiger charge is -2.10. The Morgan fingerprint density at radius 2 is 2.62 bits per heavy atom. The van der Waals surface area contributed by atoms with E-state index in [0.717, 1.165) is 11.6 Å². The summed E-state index contributed by atoms with van der Waals surface area (Å²) in [6.45, 7) is 2.07. The molecule has 4 N–H and O–H groups in total. The first-order valence-corrected chi connectivity index (χ1v) is 4.95. The molecule has 0 fully saturated rings. The zero-order valence-electron chi connectivity index (χ0n) is 7.45. The molecule has 1 atom stereocenters. The fraction of sp³-hybridized carbons (Fsp3) is 0.571. The van der Waals surface area contributed by atoms with E-state index in [2.05, 4.69) is 22.1 Å². The summed E-state index contributed by atoms with van der Waals surface area (Å²) in [5.74, 6) is 0.221. The molecule has 0 bridgehead atoms. The second-order valence-corrected chi connectivity index (χ2v) is 3.96. The lowest BCUT2D eigenvalue weighted by molar-refractivity contribution is 0.839. The molecule has 0 aliphatic heterocycles. The highest BCUT2D eigenvalue weighted by Gasteiger charge is 2.10. The fourth-order valence-electron chi connectivity index (χ4n) is 0.924. The predicted molar refractivity (Wildman–Crippen MR) is 52.8 cm³/mol. The number of rotatable bonds is 5. The third-order valence-electron chi connectivity index (χ3n) is 1.57. The second kappa shape index (κ2) is 4.86. The van der Waals surface area contributed by atoms with E-state index in [1.807, 2.05) is 0 Å². The van der Waals surface area contributed by atoms with Crippen molar-refractivity contribution >= 4 is 17.6 Å². The molecular formula is C7H13N5S. The molecule has 0 aliphatic rings. The van der Waals surface area contributed by atoms with Gasteiger partial charge in [0, 0.05) is 11.7 Å². The molecule has 0 aliphatic carbocycles. The van der Waals surface area contributed by atoms with E-state index in [0.29, 0.717) is 11.7 Å². The summed E-state index contributed by atoms with van der Waals surface area (Å²) in [4.78, 5) is 4.00. The lowest BCUT2D eigenvalue weighted by Crippen LogP contribution is -2.16. The van der Waals surface area contributed by atoms with E-state index < -0.39 is 0 Å². The summed E-state index contributed by atoms with van der Waals surface area (Å²) >= 11 is 1.57. The number of thioether (sulfide) groups is 1. The molecule has 1 aromatic rings. The van der Waals surface area contributed by atoms with Gasteiger partial charge >= 0.3 is 0 Å². The summed E-state index contributed by atoms with van der Waals surface area (Å²) < 4.78 is 0. The van der Waals surface area contributed by atoms with Crippen LogP contribution in [0.3, 0.4) is 0 Å². The third kappa shape index (κ3) is 3.45. The van der Waals surface area contributed by atoms with E-state index in [1.54, 1.807) is 11.8 Å². The predicted octanol–water partition coefficient (Wildman–Crippen LogP) is 1.00. The van der Waals surface area contributed by atoms with Crippen LogP contribution in [0.4, 0.5) is 0 Å². The molecule has 1 rings (SSSR count). The molecule has 0 aromatic carbocycles. The lowest BCUT2D eigenvalue weighted by atomic mass is 10.2. The van der Waals surface area contributed by atoms with Gasteiger partial charge in [-0.2, -0.15) is 5.10 Å². The number of hydrogen-bond acceptors (Lipinski definition) is 4. The fourth-order valence-corrected chi connectivity index (χ4v) is 1.88. The van der Waals surface area contributed by atoms with Gasteiger partial charge in [0.1, 0.15) is 6.33 Å². The van der Waals surface area contributed by atoms with E-state index in [-0.39, 0.29) is 5.84 Å². The van der Waals surface area contributed by atoms with Gasteiger partial charge in [0.05, 0.1) is 5.84 Å².